The normalized spacial score (nSPS) is 15.9. The molecule has 1 aliphatic rings. The fourth-order valence-electron chi connectivity index (χ4n) is 5.84. The molecule has 1 N–H and O–H groups in total. The van der Waals surface area contributed by atoms with Crippen LogP contribution in [-0.2, 0) is 24.1 Å². The Bertz CT molecular complexity index is 2060. The van der Waals surface area contributed by atoms with Crippen molar-refractivity contribution in [2.24, 2.45) is 0 Å². The van der Waals surface area contributed by atoms with Crippen LogP contribution in [0.1, 0.15) is 22.7 Å². The van der Waals surface area contributed by atoms with E-state index in [4.69, 9.17) is 9.47 Å². The summed E-state index contributed by atoms with van der Waals surface area (Å²) >= 11 is 1.52. The van der Waals surface area contributed by atoms with Gasteiger partial charge < -0.3 is 23.9 Å². The first kappa shape index (κ1) is 30.6. The molecule has 2 aromatic carbocycles. The summed E-state index contributed by atoms with van der Waals surface area (Å²) in [5.74, 6) is -0.241. The van der Waals surface area contributed by atoms with Crippen molar-refractivity contribution < 1.29 is 27.4 Å². The average Bonchev–Trinajstić information content (AvgIpc) is 3.85. The molecule has 242 valence electrons. The van der Waals surface area contributed by atoms with E-state index in [1.54, 1.807) is 11.1 Å². The minimum Gasteiger partial charge on any atom is -0.497 e. The number of fused-ring (bicyclic) bond motifs is 2. The average molecular weight is 664 g/mol. The first-order chi connectivity index (χ1) is 22.7. The van der Waals surface area contributed by atoms with Crippen LogP contribution in [-0.4, -0.2) is 84.3 Å². The summed E-state index contributed by atoms with van der Waals surface area (Å²) in [4.78, 5) is 33.8. The molecule has 0 bridgehead atoms. The van der Waals surface area contributed by atoms with Crippen molar-refractivity contribution in [1.82, 2.24) is 44.5 Å². The lowest BCUT2D eigenvalue weighted by Gasteiger charge is -2.40. The fraction of sp³-hybridized carbons (Fsp3) is 0.290. The Morgan fingerprint density at radius 1 is 1.04 bits per heavy atom. The highest BCUT2D eigenvalue weighted by molar-refractivity contribution is 7.09. The van der Waals surface area contributed by atoms with Gasteiger partial charge in [-0.1, -0.05) is 18.2 Å². The molecule has 1 amide bonds. The summed E-state index contributed by atoms with van der Waals surface area (Å²) in [5, 5.41) is 12.5. The van der Waals surface area contributed by atoms with Crippen molar-refractivity contribution in [3.8, 4) is 23.0 Å². The number of ether oxygens (including phenoxy) is 2. The number of aromatic amines is 1. The number of H-pyrrole nitrogens is 1. The quantitative estimate of drug-likeness (QED) is 0.241. The van der Waals surface area contributed by atoms with Crippen molar-refractivity contribution in [1.29, 1.82) is 0 Å². The third-order valence-corrected chi connectivity index (χ3v) is 8.85. The highest BCUT2D eigenvalue weighted by atomic mass is 32.1. The number of piperazine rings is 1. The second kappa shape index (κ2) is 12.3. The van der Waals surface area contributed by atoms with Gasteiger partial charge in [0.25, 0.3) is 0 Å². The van der Waals surface area contributed by atoms with Crippen molar-refractivity contribution in [2.45, 2.75) is 25.3 Å². The molecule has 4 aromatic heterocycles. The van der Waals surface area contributed by atoms with Crippen LogP contribution in [0.25, 0.3) is 33.3 Å². The number of aromatic nitrogens is 7. The van der Waals surface area contributed by atoms with Crippen molar-refractivity contribution in [3.63, 3.8) is 0 Å². The maximum absolute atomic E-state index is 14.2. The molecule has 7 rings (SSSR count). The van der Waals surface area contributed by atoms with Gasteiger partial charge in [0.1, 0.15) is 23.3 Å². The molecule has 6 aromatic rings. The van der Waals surface area contributed by atoms with Crippen LogP contribution in [0.15, 0.2) is 60.1 Å². The van der Waals surface area contributed by atoms with Gasteiger partial charge in [-0.3, -0.25) is 9.69 Å². The van der Waals surface area contributed by atoms with Crippen molar-refractivity contribution in [2.75, 3.05) is 33.9 Å². The van der Waals surface area contributed by atoms with Gasteiger partial charge in [0.2, 0.25) is 17.6 Å². The van der Waals surface area contributed by atoms with E-state index in [-0.39, 0.29) is 17.6 Å². The summed E-state index contributed by atoms with van der Waals surface area (Å²) in [6.07, 6.45) is -3.06. The Morgan fingerprint density at radius 3 is 2.66 bits per heavy atom. The van der Waals surface area contributed by atoms with E-state index >= 15 is 0 Å². The smallest absolute Gasteiger partial charge is 0.449 e. The van der Waals surface area contributed by atoms with Gasteiger partial charge in [-0.15, -0.1) is 21.5 Å². The zero-order chi connectivity index (χ0) is 32.7. The molecule has 1 atom stereocenters. The molecule has 1 aliphatic heterocycles. The number of para-hydroxylation sites is 1. The summed E-state index contributed by atoms with van der Waals surface area (Å²) in [6.45, 7) is 1.02. The van der Waals surface area contributed by atoms with Crippen LogP contribution < -0.4 is 9.47 Å². The van der Waals surface area contributed by atoms with E-state index in [2.05, 4.69) is 35.0 Å². The Balaban J connectivity index is 1.24. The number of amides is 1. The highest BCUT2D eigenvalue weighted by Gasteiger charge is 2.40. The molecule has 0 saturated carbocycles. The third-order valence-electron chi connectivity index (χ3n) is 8.09. The minimum absolute atomic E-state index is 0.105. The highest BCUT2D eigenvalue weighted by Crippen LogP contribution is 2.35. The standard InChI is InChI=1S/C31H28F3N9O3S/c1-45-19-7-8-22-23(14-19)43(30(37-22)31(32,33)34)17-26(44)42-11-10-41(16-25-35-9-12-47-25)15-24(42)28-38-27(39-40-28)20-13-18-5-3-4-6-21(18)36-29(20)46-2/h3-9,12-14,24H,10-11,15-17H2,1-2H3,(H,38,39,40)/t24-/m0/s1. The van der Waals surface area contributed by atoms with Crippen molar-refractivity contribution in [3.05, 3.63) is 76.8 Å². The van der Waals surface area contributed by atoms with Gasteiger partial charge in [0.05, 0.1) is 42.9 Å². The van der Waals surface area contributed by atoms with Crippen LogP contribution in [0.4, 0.5) is 13.2 Å². The number of pyridine rings is 1. The van der Waals surface area contributed by atoms with Crippen LogP contribution in [0.5, 0.6) is 11.6 Å². The summed E-state index contributed by atoms with van der Waals surface area (Å²) in [7, 11) is 2.93. The summed E-state index contributed by atoms with van der Waals surface area (Å²) in [6, 6.07) is 13.2. The Kier molecular flexibility index (Phi) is 7.97. The lowest BCUT2D eigenvalue weighted by Crippen LogP contribution is -2.51. The van der Waals surface area contributed by atoms with Crippen LogP contribution >= 0.6 is 11.3 Å². The molecule has 0 unspecified atom stereocenters. The number of rotatable bonds is 8. The lowest BCUT2D eigenvalue weighted by molar-refractivity contribution is -0.148. The molecule has 0 spiro atoms. The van der Waals surface area contributed by atoms with Gasteiger partial charge in [-0.05, 0) is 24.3 Å². The number of imidazole rings is 1. The molecule has 0 aliphatic carbocycles. The predicted molar refractivity (Wildman–Crippen MR) is 167 cm³/mol. The molecule has 5 heterocycles. The molecule has 0 radical (unpaired) electrons. The number of halogens is 3. The Hall–Kier alpha value is -5.09. The maximum atomic E-state index is 14.2. The number of nitrogens with one attached hydrogen (secondary N) is 1. The molecule has 16 heteroatoms. The maximum Gasteiger partial charge on any atom is 0.449 e. The second-order valence-corrected chi connectivity index (χ2v) is 11.9. The van der Waals surface area contributed by atoms with Gasteiger partial charge in [0, 0.05) is 42.7 Å². The number of hydrogen-bond acceptors (Lipinski definition) is 10. The Morgan fingerprint density at radius 2 is 1.89 bits per heavy atom. The van der Waals surface area contributed by atoms with Gasteiger partial charge in [-0.2, -0.15) is 13.2 Å². The number of alkyl halides is 3. The number of carbonyl (C=O) groups is 1. The zero-order valence-electron chi connectivity index (χ0n) is 25.2. The number of benzene rings is 2. The summed E-state index contributed by atoms with van der Waals surface area (Å²) in [5.41, 5.74) is 1.57. The lowest BCUT2D eigenvalue weighted by atomic mass is 10.1. The van der Waals surface area contributed by atoms with Crippen LogP contribution in [0.2, 0.25) is 0 Å². The van der Waals surface area contributed by atoms with E-state index in [0.29, 0.717) is 48.5 Å². The molecular formula is C31H28F3N9O3S. The monoisotopic (exact) mass is 663 g/mol. The molecule has 1 fully saturated rings. The topological polar surface area (TPSA) is 127 Å². The van der Waals surface area contributed by atoms with E-state index in [1.807, 2.05) is 35.7 Å². The van der Waals surface area contributed by atoms with E-state index < -0.39 is 30.5 Å². The van der Waals surface area contributed by atoms with E-state index in [0.717, 1.165) is 20.5 Å². The summed E-state index contributed by atoms with van der Waals surface area (Å²) < 4.78 is 54.2. The fourth-order valence-corrected chi connectivity index (χ4v) is 6.50. The molecule has 1 saturated heterocycles. The van der Waals surface area contributed by atoms with Gasteiger partial charge in [-0.25, -0.2) is 15.0 Å². The third kappa shape index (κ3) is 5.96. The minimum atomic E-state index is -4.79. The Labute approximate surface area is 269 Å². The SMILES string of the molecule is COc1ccc2nc(C(F)(F)F)n(CC(=O)N3CCN(Cc4nccs4)C[C@H]3c3nnc(-c4cc5ccccc5nc4OC)[nH]3)c2c1. The van der Waals surface area contributed by atoms with E-state index in [9.17, 15) is 18.0 Å². The zero-order valence-corrected chi connectivity index (χ0v) is 26.0. The number of methoxy groups -OCH3 is 2. The number of nitrogens with zero attached hydrogens (tertiary/aromatic N) is 8. The predicted octanol–water partition coefficient (Wildman–Crippen LogP) is 4.95. The van der Waals surface area contributed by atoms with Gasteiger partial charge >= 0.3 is 6.18 Å². The van der Waals surface area contributed by atoms with Crippen molar-refractivity contribution >= 4 is 39.2 Å². The first-order valence-corrected chi connectivity index (χ1v) is 15.5. The molecule has 47 heavy (non-hydrogen) atoms. The largest absolute Gasteiger partial charge is 0.497 e. The number of thiazole rings is 1. The second-order valence-electron chi connectivity index (χ2n) is 10.9. The molecular weight excluding hydrogens is 635 g/mol. The van der Waals surface area contributed by atoms with Crippen LogP contribution in [0.3, 0.4) is 0 Å². The van der Waals surface area contributed by atoms with Crippen LogP contribution in [0, 0.1) is 0 Å². The number of hydrogen-bond donors (Lipinski definition) is 1. The van der Waals surface area contributed by atoms with Gasteiger partial charge in [0.15, 0.2) is 11.6 Å². The van der Waals surface area contributed by atoms with E-state index in [1.165, 1.54) is 43.8 Å². The number of carbonyl (C=O) groups excluding carboxylic acids is 1. The molecule has 12 nitrogen and oxygen atoms in total. The first-order valence-electron chi connectivity index (χ1n) is 14.6.